The van der Waals surface area contributed by atoms with Crippen LogP contribution in [0.4, 0.5) is 5.82 Å². The highest BCUT2D eigenvalue weighted by molar-refractivity contribution is 6.33. The third kappa shape index (κ3) is 4.70. The van der Waals surface area contributed by atoms with Crippen molar-refractivity contribution in [3.8, 4) is 16.9 Å². The molecule has 0 aliphatic carbocycles. The second kappa shape index (κ2) is 10.4. The van der Waals surface area contributed by atoms with Crippen LogP contribution in [0.3, 0.4) is 0 Å². The van der Waals surface area contributed by atoms with E-state index in [0.29, 0.717) is 18.2 Å². The van der Waals surface area contributed by atoms with Crippen LogP contribution in [0.1, 0.15) is 41.4 Å². The van der Waals surface area contributed by atoms with Crippen molar-refractivity contribution in [2.75, 3.05) is 18.6 Å². The molecule has 184 valence electrons. The van der Waals surface area contributed by atoms with E-state index in [1.165, 1.54) is 11.1 Å². The number of anilines is 1. The van der Waals surface area contributed by atoms with Crippen LogP contribution in [0.2, 0.25) is 5.02 Å². The van der Waals surface area contributed by atoms with Crippen LogP contribution in [-0.2, 0) is 24.5 Å². The van der Waals surface area contributed by atoms with Crippen molar-refractivity contribution in [2.24, 2.45) is 0 Å². The molecule has 0 bridgehead atoms. The van der Waals surface area contributed by atoms with Crippen LogP contribution >= 0.6 is 24.0 Å². The first kappa shape index (κ1) is 25.3. The van der Waals surface area contributed by atoms with Crippen molar-refractivity contribution in [1.29, 1.82) is 0 Å². The fourth-order valence-electron chi connectivity index (χ4n) is 4.64. The van der Waals surface area contributed by atoms with Crippen molar-refractivity contribution in [2.45, 2.75) is 47.0 Å². The third-order valence-corrected chi connectivity index (χ3v) is 6.63. The summed E-state index contributed by atoms with van der Waals surface area (Å²) in [5.74, 6) is 1.77. The van der Waals surface area contributed by atoms with Gasteiger partial charge < -0.3 is 14.4 Å². The van der Waals surface area contributed by atoms with Crippen molar-refractivity contribution in [3.05, 3.63) is 75.6 Å². The molecule has 0 N–H and O–H groups in total. The zero-order valence-corrected chi connectivity index (χ0v) is 22.0. The van der Waals surface area contributed by atoms with Gasteiger partial charge in [-0.15, -0.1) is 12.4 Å². The minimum absolute atomic E-state index is 0. The minimum atomic E-state index is 0. The Bertz CT molecular complexity index is 1350. The molecule has 1 aliphatic rings. The number of rotatable bonds is 7. The second-order valence-corrected chi connectivity index (χ2v) is 9.21. The molecular weight excluding hydrogens is 483 g/mol. The van der Waals surface area contributed by atoms with E-state index < -0.39 is 0 Å². The predicted molar refractivity (Wildman–Crippen MR) is 143 cm³/mol. The molecule has 2 aromatic heterocycles. The van der Waals surface area contributed by atoms with E-state index in [4.69, 9.17) is 31.2 Å². The molecule has 1 aliphatic heterocycles. The summed E-state index contributed by atoms with van der Waals surface area (Å²) in [7, 11) is 1.64. The highest BCUT2D eigenvalue weighted by Crippen LogP contribution is 2.39. The lowest BCUT2D eigenvalue weighted by Crippen LogP contribution is -2.27. The molecule has 0 amide bonds. The molecule has 0 radical (unpaired) electrons. The van der Waals surface area contributed by atoms with Crippen molar-refractivity contribution >= 4 is 35.5 Å². The quantitative estimate of drug-likeness (QED) is 0.281. The van der Waals surface area contributed by atoms with E-state index in [9.17, 15) is 0 Å². The predicted octanol–water partition coefficient (Wildman–Crippen LogP) is 6.54. The summed E-state index contributed by atoms with van der Waals surface area (Å²) >= 11 is 6.68. The second-order valence-electron chi connectivity index (χ2n) is 8.80. The van der Waals surface area contributed by atoms with E-state index in [-0.39, 0.29) is 12.4 Å². The summed E-state index contributed by atoms with van der Waals surface area (Å²) in [6.07, 6.45) is 1.02. The number of hydrogen-bond acceptors (Lipinski definition) is 5. The zero-order chi connectivity index (χ0) is 23.8. The molecule has 0 saturated heterocycles. The van der Waals surface area contributed by atoms with Gasteiger partial charge in [0.15, 0.2) is 5.65 Å². The monoisotopic (exact) mass is 512 g/mol. The van der Waals surface area contributed by atoms with Crippen LogP contribution in [0.25, 0.3) is 16.8 Å². The highest BCUT2D eigenvalue weighted by Gasteiger charge is 2.28. The van der Waals surface area contributed by atoms with Crippen molar-refractivity contribution in [3.63, 3.8) is 0 Å². The smallest absolute Gasteiger partial charge is 0.165 e. The Kier molecular flexibility index (Phi) is 7.55. The summed E-state index contributed by atoms with van der Waals surface area (Å²) in [5.41, 5.74) is 8.13. The van der Waals surface area contributed by atoms with Gasteiger partial charge in [-0.2, -0.15) is 9.61 Å². The third-order valence-electron chi connectivity index (χ3n) is 6.31. The van der Waals surface area contributed by atoms with Gasteiger partial charge in [0.1, 0.15) is 11.6 Å². The van der Waals surface area contributed by atoms with E-state index in [2.05, 4.69) is 43.0 Å². The van der Waals surface area contributed by atoms with Gasteiger partial charge in [0, 0.05) is 24.2 Å². The number of hydrogen-bond donors (Lipinski definition) is 0. The van der Waals surface area contributed by atoms with Crippen LogP contribution < -0.4 is 9.64 Å². The maximum absolute atomic E-state index is 6.68. The molecule has 0 saturated carbocycles. The molecule has 0 spiro atoms. The number of nitrogens with zero attached hydrogens (tertiary/aromatic N) is 4. The lowest BCUT2D eigenvalue weighted by Gasteiger charge is -2.27. The number of halogens is 2. The molecular formula is C27H30Cl2N4O2. The Hall–Kier alpha value is -2.80. The number of aromatic nitrogens is 3. The first-order chi connectivity index (χ1) is 16.5. The Labute approximate surface area is 217 Å². The summed E-state index contributed by atoms with van der Waals surface area (Å²) in [5, 5.41) is 5.59. The van der Waals surface area contributed by atoms with Gasteiger partial charge in [0.25, 0.3) is 0 Å². The van der Waals surface area contributed by atoms with Gasteiger partial charge in [-0.3, -0.25) is 0 Å². The normalized spacial score (nSPS) is 12.5. The average molecular weight is 513 g/mol. The fourth-order valence-corrected chi connectivity index (χ4v) is 4.91. The average Bonchev–Trinajstić information content (AvgIpc) is 3.42. The maximum Gasteiger partial charge on any atom is 0.165 e. The van der Waals surface area contributed by atoms with Gasteiger partial charge in [-0.05, 0) is 44.0 Å². The van der Waals surface area contributed by atoms with Crippen LogP contribution in [0.15, 0.2) is 42.5 Å². The van der Waals surface area contributed by atoms with Gasteiger partial charge in [0.2, 0.25) is 0 Å². The number of fused-ring (bicyclic) bond motifs is 2. The maximum atomic E-state index is 6.68. The first-order valence-corrected chi connectivity index (χ1v) is 12.0. The number of aryl methyl sites for hydroxylation is 2. The van der Waals surface area contributed by atoms with E-state index in [1.54, 1.807) is 7.11 Å². The molecule has 0 unspecified atom stereocenters. The number of methoxy groups -OCH3 is 1. The lowest BCUT2D eigenvalue weighted by atomic mass is 10.1. The topological polar surface area (TPSA) is 51.9 Å². The number of ether oxygens (including phenoxy) is 2. The molecule has 0 atom stereocenters. The largest absolute Gasteiger partial charge is 0.497 e. The van der Waals surface area contributed by atoms with Crippen LogP contribution in [-0.4, -0.2) is 28.3 Å². The minimum Gasteiger partial charge on any atom is -0.497 e. The van der Waals surface area contributed by atoms with Crippen molar-refractivity contribution in [1.82, 2.24) is 14.6 Å². The lowest BCUT2D eigenvalue weighted by molar-refractivity contribution is 0.133. The fraction of sp³-hybridized carbons (Fsp3) is 0.333. The first-order valence-electron chi connectivity index (χ1n) is 11.6. The zero-order valence-electron chi connectivity index (χ0n) is 20.5. The van der Waals surface area contributed by atoms with Crippen molar-refractivity contribution < 1.29 is 9.47 Å². The van der Waals surface area contributed by atoms with Gasteiger partial charge in [0.05, 0.1) is 42.3 Å². The molecule has 5 rings (SSSR count). The summed E-state index contributed by atoms with van der Waals surface area (Å²) in [4.78, 5) is 7.42. The summed E-state index contributed by atoms with van der Waals surface area (Å²) in [6, 6.07) is 14.5. The van der Waals surface area contributed by atoms with Gasteiger partial charge in [-0.25, -0.2) is 4.98 Å². The van der Waals surface area contributed by atoms with Crippen LogP contribution in [0, 0.1) is 13.8 Å². The molecule has 8 heteroatoms. The Morgan fingerprint density at radius 1 is 1.11 bits per heavy atom. The summed E-state index contributed by atoms with van der Waals surface area (Å²) in [6.45, 7) is 9.06. The molecule has 4 aromatic rings. The van der Waals surface area contributed by atoms with Gasteiger partial charge in [-0.1, -0.05) is 48.4 Å². The number of benzene rings is 2. The Balaban J connectivity index is 0.00000289. The molecule has 2 aromatic carbocycles. The molecule has 3 heterocycles. The van der Waals surface area contributed by atoms with Crippen LogP contribution in [0.5, 0.6) is 5.75 Å². The highest BCUT2D eigenvalue weighted by atomic mass is 35.5. The molecule has 0 fully saturated rings. The SMILES string of the molecule is CCCN(Cc1ccc(C)cc1)c1c2c(nc3c(-c4ccc(OC)cc4Cl)c(C)nn13)COC2.Cl. The van der Waals surface area contributed by atoms with E-state index in [1.807, 2.05) is 29.6 Å². The molecule has 35 heavy (non-hydrogen) atoms. The Morgan fingerprint density at radius 3 is 2.57 bits per heavy atom. The standard InChI is InChI=1S/C27H29ClN4O2.ClH/c1-5-12-31(14-19-8-6-17(2)7-9-19)27-22-15-34-16-24(22)29-26-25(18(3)30-32(26)27)21-11-10-20(33-4)13-23(21)28;/h6-11,13H,5,12,14-16H2,1-4H3;1H. The summed E-state index contributed by atoms with van der Waals surface area (Å²) < 4.78 is 13.2. The Morgan fingerprint density at radius 2 is 1.89 bits per heavy atom. The van der Waals surface area contributed by atoms with E-state index >= 15 is 0 Å². The van der Waals surface area contributed by atoms with Gasteiger partial charge >= 0.3 is 0 Å². The van der Waals surface area contributed by atoms with E-state index in [0.717, 1.165) is 64.8 Å². The molecule has 6 nitrogen and oxygen atoms in total.